The average Bonchev–Trinajstić information content (AvgIpc) is 2.16. The van der Waals surface area contributed by atoms with Crippen LogP contribution in [0.5, 0.6) is 0 Å². The van der Waals surface area contributed by atoms with E-state index in [1.165, 1.54) is 13.0 Å². The van der Waals surface area contributed by atoms with Gasteiger partial charge in [0.2, 0.25) is 11.8 Å². The molecule has 0 aliphatic heterocycles. The first-order valence-corrected chi connectivity index (χ1v) is 4.36. The van der Waals surface area contributed by atoms with Gasteiger partial charge in [-0.2, -0.15) is 5.26 Å². The lowest BCUT2D eigenvalue weighted by atomic mass is 10.1. The van der Waals surface area contributed by atoms with Crippen LogP contribution in [-0.4, -0.2) is 30.8 Å². The van der Waals surface area contributed by atoms with Crippen LogP contribution >= 0.6 is 0 Å². The van der Waals surface area contributed by atoms with Gasteiger partial charge in [0.05, 0.1) is 19.2 Å². The van der Waals surface area contributed by atoms with Crippen molar-refractivity contribution < 1.29 is 19.1 Å². The van der Waals surface area contributed by atoms with Crippen molar-refractivity contribution in [1.82, 2.24) is 5.32 Å². The van der Waals surface area contributed by atoms with Gasteiger partial charge in [0.15, 0.2) is 5.78 Å². The van der Waals surface area contributed by atoms with Gasteiger partial charge in [0, 0.05) is 6.92 Å². The summed E-state index contributed by atoms with van der Waals surface area (Å²) >= 11 is 0. The zero-order chi connectivity index (χ0) is 11.8. The predicted molar refractivity (Wildman–Crippen MR) is 49.4 cm³/mol. The van der Waals surface area contributed by atoms with E-state index in [1.54, 1.807) is 6.92 Å². The first-order valence-electron chi connectivity index (χ1n) is 4.36. The quantitative estimate of drug-likeness (QED) is 0.484. The van der Waals surface area contributed by atoms with Crippen molar-refractivity contribution in [3.05, 3.63) is 0 Å². The number of rotatable bonds is 5. The molecule has 6 nitrogen and oxygen atoms in total. The molecule has 0 saturated carbocycles. The highest BCUT2D eigenvalue weighted by molar-refractivity contribution is 6.03. The van der Waals surface area contributed by atoms with E-state index in [-0.39, 0.29) is 13.2 Å². The van der Waals surface area contributed by atoms with Crippen LogP contribution in [0.3, 0.4) is 0 Å². The third-order valence-electron chi connectivity index (χ3n) is 1.48. The standard InChI is InChI=1S/C9H12N2O4/c1-3-15-9(14)7(4-10)8(13)5-11-6(2)12/h7H,3,5H2,1-2H3,(H,11,12)/t7-/m1/s1. The lowest BCUT2D eigenvalue weighted by Crippen LogP contribution is -2.34. The van der Waals surface area contributed by atoms with Gasteiger partial charge >= 0.3 is 5.97 Å². The fourth-order valence-corrected chi connectivity index (χ4v) is 0.795. The predicted octanol–water partition coefficient (Wildman–Crippen LogP) is -0.606. The SMILES string of the molecule is CCOC(=O)[C@H](C#N)C(=O)CNC(C)=O. The molecule has 1 N–H and O–H groups in total. The van der Waals surface area contributed by atoms with Crippen LogP contribution in [0.1, 0.15) is 13.8 Å². The third kappa shape index (κ3) is 4.76. The Balaban J connectivity index is 4.30. The molecule has 0 aromatic heterocycles. The number of Topliss-reactive ketones (excluding diaryl/α,β-unsaturated/α-hetero) is 1. The number of nitrogens with zero attached hydrogens (tertiary/aromatic N) is 1. The topological polar surface area (TPSA) is 96.3 Å². The first-order chi connectivity index (χ1) is 7.02. The molecule has 1 amide bonds. The summed E-state index contributed by atoms with van der Waals surface area (Å²) in [5.74, 6) is -3.41. The molecule has 0 rings (SSSR count). The normalized spacial score (nSPS) is 11.0. The van der Waals surface area contributed by atoms with Gasteiger partial charge in [-0.3, -0.25) is 14.4 Å². The van der Waals surface area contributed by atoms with Gasteiger partial charge in [0.1, 0.15) is 0 Å². The molecule has 0 saturated heterocycles. The molecular formula is C9H12N2O4. The molecule has 0 aromatic carbocycles. The number of ketones is 1. The smallest absolute Gasteiger partial charge is 0.331 e. The van der Waals surface area contributed by atoms with Crippen molar-refractivity contribution in [1.29, 1.82) is 5.26 Å². The molecule has 0 aliphatic carbocycles. The van der Waals surface area contributed by atoms with Crippen molar-refractivity contribution in [2.45, 2.75) is 13.8 Å². The lowest BCUT2D eigenvalue weighted by Gasteiger charge is -2.07. The van der Waals surface area contributed by atoms with E-state index >= 15 is 0 Å². The summed E-state index contributed by atoms with van der Waals surface area (Å²) in [6, 6.07) is 1.53. The van der Waals surface area contributed by atoms with Gasteiger partial charge in [0.25, 0.3) is 0 Å². The van der Waals surface area contributed by atoms with Crippen LogP contribution in [0.2, 0.25) is 0 Å². The second kappa shape index (κ2) is 6.54. The molecule has 0 bridgehead atoms. The van der Waals surface area contributed by atoms with Crippen molar-refractivity contribution in [2.24, 2.45) is 5.92 Å². The highest BCUT2D eigenvalue weighted by atomic mass is 16.5. The summed E-state index contributed by atoms with van der Waals surface area (Å²) in [5, 5.41) is 10.8. The molecule has 0 radical (unpaired) electrons. The fourth-order valence-electron chi connectivity index (χ4n) is 0.795. The molecule has 82 valence electrons. The molecule has 0 unspecified atom stereocenters. The van der Waals surface area contributed by atoms with Gasteiger partial charge in [-0.05, 0) is 6.92 Å². The molecule has 15 heavy (non-hydrogen) atoms. The molecule has 1 atom stereocenters. The van der Waals surface area contributed by atoms with Crippen molar-refractivity contribution >= 4 is 17.7 Å². The monoisotopic (exact) mass is 212 g/mol. The summed E-state index contributed by atoms with van der Waals surface area (Å²) in [7, 11) is 0. The average molecular weight is 212 g/mol. The number of nitriles is 1. The second-order valence-corrected chi connectivity index (χ2v) is 2.69. The van der Waals surface area contributed by atoms with Crippen LogP contribution in [0.15, 0.2) is 0 Å². The summed E-state index contributed by atoms with van der Waals surface area (Å²) < 4.78 is 4.53. The zero-order valence-corrected chi connectivity index (χ0v) is 8.57. The van der Waals surface area contributed by atoms with E-state index < -0.39 is 23.6 Å². The van der Waals surface area contributed by atoms with Crippen LogP contribution in [-0.2, 0) is 19.1 Å². The molecule has 0 heterocycles. The number of ether oxygens (including phenoxy) is 1. The van der Waals surface area contributed by atoms with Gasteiger partial charge in [-0.15, -0.1) is 0 Å². The third-order valence-corrected chi connectivity index (χ3v) is 1.48. The maximum Gasteiger partial charge on any atom is 0.331 e. The van der Waals surface area contributed by atoms with Crippen molar-refractivity contribution in [2.75, 3.05) is 13.2 Å². The Kier molecular flexibility index (Phi) is 5.71. The Hall–Kier alpha value is -1.90. The van der Waals surface area contributed by atoms with Gasteiger partial charge < -0.3 is 10.1 Å². The van der Waals surface area contributed by atoms with Crippen LogP contribution in [0, 0.1) is 17.2 Å². The number of carbonyl (C=O) groups is 3. The summed E-state index contributed by atoms with van der Waals surface area (Å²) in [6.45, 7) is 2.57. The summed E-state index contributed by atoms with van der Waals surface area (Å²) in [5.41, 5.74) is 0. The second-order valence-electron chi connectivity index (χ2n) is 2.69. The van der Waals surface area contributed by atoms with E-state index in [9.17, 15) is 14.4 Å². The Labute approximate surface area is 87.2 Å². The molecule has 0 spiro atoms. The van der Waals surface area contributed by atoms with Crippen molar-refractivity contribution in [3.63, 3.8) is 0 Å². The number of esters is 1. The van der Waals surface area contributed by atoms with Crippen LogP contribution in [0.4, 0.5) is 0 Å². The number of hydrogen-bond donors (Lipinski definition) is 1. The Morgan fingerprint density at radius 3 is 2.47 bits per heavy atom. The maximum atomic E-state index is 11.3. The fraction of sp³-hybridized carbons (Fsp3) is 0.556. The summed E-state index contributed by atoms with van der Waals surface area (Å²) in [4.78, 5) is 32.8. The van der Waals surface area contributed by atoms with E-state index in [1.807, 2.05) is 0 Å². The maximum absolute atomic E-state index is 11.3. The number of amides is 1. The zero-order valence-electron chi connectivity index (χ0n) is 8.57. The van der Waals surface area contributed by atoms with Gasteiger partial charge in [-0.1, -0.05) is 0 Å². The molecule has 6 heteroatoms. The largest absolute Gasteiger partial charge is 0.465 e. The summed E-state index contributed by atoms with van der Waals surface area (Å²) in [6.07, 6.45) is 0. The van der Waals surface area contributed by atoms with E-state index in [2.05, 4.69) is 10.1 Å². The minimum Gasteiger partial charge on any atom is -0.465 e. The highest BCUT2D eigenvalue weighted by Crippen LogP contribution is 1.99. The number of carbonyl (C=O) groups excluding carboxylic acids is 3. The number of nitrogens with one attached hydrogen (secondary N) is 1. The molecular weight excluding hydrogens is 200 g/mol. The number of hydrogen-bond acceptors (Lipinski definition) is 5. The van der Waals surface area contributed by atoms with E-state index in [4.69, 9.17) is 5.26 Å². The van der Waals surface area contributed by atoms with Gasteiger partial charge in [-0.25, -0.2) is 0 Å². The minimum atomic E-state index is -1.46. The van der Waals surface area contributed by atoms with Crippen LogP contribution in [0.25, 0.3) is 0 Å². The Morgan fingerprint density at radius 1 is 1.47 bits per heavy atom. The van der Waals surface area contributed by atoms with E-state index in [0.717, 1.165) is 0 Å². The molecule has 0 fully saturated rings. The van der Waals surface area contributed by atoms with Crippen LogP contribution < -0.4 is 5.32 Å². The molecule has 0 aromatic rings. The molecule has 0 aliphatic rings. The first kappa shape index (κ1) is 13.1. The Bertz CT molecular complexity index is 306. The highest BCUT2D eigenvalue weighted by Gasteiger charge is 2.27. The lowest BCUT2D eigenvalue weighted by molar-refractivity contribution is -0.149. The van der Waals surface area contributed by atoms with E-state index in [0.29, 0.717) is 0 Å². The van der Waals surface area contributed by atoms with Crippen molar-refractivity contribution in [3.8, 4) is 6.07 Å². The minimum absolute atomic E-state index is 0.102. The Morgan fingerprint density at radius 2 is 2.07 bits per heavy atom.